The number of nitrogens with zero attached hydrogens (tertiary/aromatic N) is 2. The van der Waals surface area contributed by atoms with Crippen LogP contribution < -0.4 is 21.9 Å². The Kier molecular flexibility index (Phi) is 7.63. The summed E-state index contributed by atoms with van der Waals surface area (Å²) in [6, 6.07) is 67.4. The molecule has 4 N–H and O–H groups in total. The van der Waals surface area contributed by atoms with Gasteiger partial charge in [0.15, 0.2) is 0 Å². The number of rotatable bonds is 4. The first-order chi connectivity index (χ1) is 29.6. The Morgan fingerprint density at radius 1 is 0.400 bits per heavy atom. The Morgan fingerprint density at radius 2 is 1.03 bits per heavy atom. The third-order valence-corrected chi connectivity index (χ3v) is 12.8. The predicted molar refractivity (Wildman–Crippen MR) is 253 cm³/mol. The molecule has 4 heteroatoms. The number of benzene rings is 9. The van der Waals surface area contributed by atoms with E-state index in [1.54, 1.807) is 0 Å². The maximum absolute atomic E-state index is 7.49. The van der Waals surface area contributed by atoms with Gasteiger partial charge in [-0.2, -0.15) is 0 Å². The van der Waals surface area contributed by atoms with E-state index in [9.17, 15) is 0 Å². The van der Waals surface area contributed by atoms with Gasteiger partial charge < -0.3 is 20.6 Å². The van der Waals surface area contributed by atoms with Crippen LogP contribution in [0.15, 0.2) is 194 Å². The predicted octanol–water partition coefficient (Wildman–Crippen LogP) is 11.4. The van der Waals surface area contributed by atoms with Crippen molar-refractivity contribution in [3.05, 3.63) is 221 Å². The van der Waals surface area contributed by atoms with Crippen molar-refractivity contribution in [1.82, 2.24) is 9.13 Å². The lowest BCUT2D eigenvalue weighted by Crippen LogP contribution is -2.34. The van der Waals surface area contributed by atoms with Crippen LogP contribution in [-0.2, 0) is 6.42 Å². The lowest BCUT2D eigenvalue weighted by Gasteiger charge is -2.18. The molecule has 0 fully saturated rings. The van der Waals surface area contributed by atoms with E-state index >= 15 is 0 Å². The Balaban J connectivity index is 1.11. The van der Waals surface area contributed by atoms with Crippen LogP contribution in [0.4, 0.5) is 0 Å². The van der Waals surface area contributed by atoms with Crippen LogP contribution in [-0.4, -0.2) is 9.13 Å². The highest BCUT2D eigenvalue weighted by molar-refractivity contribution is 6.23. The molecule has 0 saturated carbocycles. The maximum Gasteiger partial charge on any atom is 0.0547 e. The van der Waals surface area contributed by atoms with Crippen LogP contribution in [0.3, 0.4) is 0 Å². The largest absolute Gasteiger partial charge is 0.398 e. The molecule has 1 aliphatic rings. The molecule has 0 spiro atoms. The van der Waals surface area contributed by atoms with Gasteiger partial charge in [0.25, 0.3) is 0 Å². The Bertz CT molecular complexity index is 3730. The minimum Gasteiger partial charge on any atom is -0.398 e. The number of nitrogens with two attached hydrogens (primary N) is 2. The molecule has 0 radical (unpaired) electrons. The van der Waals surface area contributed by atoms with Gasteiger partial charge in [0.2, 0.25) is 0 Å². The molecule has 1 aliphatic carbocycles. The van der Waals surface area contributed by atoms with E-state index in [1.807, 2.05) is 0 Å². The molecular weight excluding hydrogens is 729 g/mol. The summed E-state index contributed by atoms with van der Waals surface area (Å²) in [5, 5.41) is 12.8. The quantitative estimate of drug-likeness (QED) is 0.187. The normalized spacial score (nSPS) is 14.0. The van der Waals surface area contributed by atoms with Gasteiger partial charge in [-0.15, -0.1) is 0 Å². The average molecular weight is 769 g/mol. The van der Waals surface area contributed by atoms with Gasteiger partial charge in [-0.1, -0.05) is 140 Å². The van der Waals surface area contributed by atoms with Crippen LogP contribution in [0.1, 0.15) is 23.2 Å². The molecule has 0 unspecified atom stereocenters. The molecule has 2 heterocycles. The molecule has 12 rings (SSSR count). The smallest absolute Gasteiger partial charge is 0.0547 e. The number of para-hydroxylation sites is 2. The molecule has 9 aromatic carbocycles. The molecule has 0 amide bonds. The Hall–Kier alpha value is -7.82. The van der Waals surface area contributed by atoms with Crippen LogP contribution in [0.2, 0.25) is 0 Å². The zero-order valence-corrected chi connectivity index (χ0v) is 32.9. The molecule has 0 aliphatic heterocycles. The first kappa shape index (κ1) is 34.2. The molecule has 11 aromatic rings. The monoisotopic (exact) mass is 768 g/mol. The summed E-state index contributed by atoms with van der Waals surface area (Å²) in [7, 11) is 0. The van der Waals surface area contributed by atoms with Gasteiger partial charge in [0.05, 0.1) is 22.2 Å². The van der Waals surface area contributed by atoms with Crippen molar-refractivity contribution in [2.45, 2.75) is 12.8 Å². The topological polar surface area (TPSA) is 61.9 Å². The maximum atomic E-state index is 7.49. The minimum atomic E-state index is 0.693. The van der Waals surface area contributed by atoms with E-state index in [4.69, 9.17) is 11.5 Å². The van der Waals surface area contributed by atoms with Crippen molar-refractivity contribution in [2.24, 2.45) is 11.5 Å². The summed E-state index contributed by atoms with van der Waals surface area (Å²) in [5.74, 6) is 0. The molecule has 0 atom stereocenters. The van der Waals surface area contributed by atoms with Crippen molar-refractivity contribution < 1.29 is 0 Å². The van der Waals surface area contributed by atoms with E-state index in [1.165, 1.54) is 54.5 Å². The molecule has 0 bridgehead atoms. The first-order valence-electron chi connectivity index (χ1n) is 20.7. The number of aryl methyl sites for hydroxylation is 1. The second kappa shape index (κ2) is 13.4. The summed E-state index contributed by atoms with van der Waals surface area (Å²) in [6.45, 7) is 0. The van der Waals surface area contributed by atoms with Gasteiger partial charge in [-0.05, 0) is 111 Å². The van der Waals surface area contributed by atoms with E-state index < -0.39 is 0 Å². The lowest BCUT2D eigenvalue weighted by atomic mass is 9.92. The van der Waals surface area contributed by atoms with Crippen molar-refractivity contribution in [2.75, 3.05) is 0 Å². The molecule has 4 nitrogen and oxygen atoms in total. The van der Waals surface area contributed by atoms with Crippen LogP contribution in [0, 0.1) is 0 Å². The average Bonchev–Trinajstić information content (AvgIpc) is 3.82. The second-order valence-electron chi connectivity index (χ2n) is 16.0. The lowest BCUT2D eigenvalue weighted by molar-refractivity contribution is 0.936. The standard InChI is InChI=1S/C56H40N4/c57-55(39-26-28-45-44-22-12-13-25-50(44)59(52(45)33-39)40-18-2-1-3-19-40)46-23-10-11-24-47(46)56(58)48-34-41(30-38-17-7-8-20-42(38)48)60-51-29-27-35-14-6-9-21-43(35)54(51)49-31-36-15-4-5-16-37(36)32-53(49)60/h1-25,27,29-34H,26,28,57-58H2/b55-46-,56-47-. The number of fused-ring (bicyclic) bond motifs is 10. The summed E-state index contributed by atoms with van der Waals surface area (Å²) in [5.41, 5.74) is 26.6. The fourth-order valence-corrected chi connectivity index (χ4v) is 9.97. The van der Waals surface area contributed by atoms with Crippen molar-refractivity contribution in [1.29, 1.82) is 0 Å². The van der Waals surface area contributed by atoms with Gasteiger partial charge in [0.1, 0.15) is 0 Å². The third kappa shape index (κ3) is 5.17. The van der Waals surface area contributed by atoms with Crippen LogP contribution in [0.5, 0.6) is 0 Å². The van der Waals surface area contributed by atoms with Gasteiger partial charge in [0, 0.05) is 54.9 Å². The SMILES string of the molecule is N/C(C1=Cc2c(c3ccccc3n2-c2ccccc2)CC1)=c1/cccc/c1=C(/N)c1cc(-n2c3cc4ccccc4cc3c3c4ccccc4ccc32)cc2ccccc12. The molecule has 2 aromatic heterocycles. The number of hydrogen-bond donors (Lipinski definition) is 2. The zero-order chi connectivity index (χ0) is 39.9. The minimum absolute atomic E-state index is 0.693. The highest BCUT2D eigenvalue weighted by Gasteiger charge is 2.23. The first-order valence-corrected chi connectivity index (χ1v) is 20.7. The van der Waals surface area contributed by atoms with Crippen molar-refractivity contribution in [3.8, 4) is 11.4 Å². The zero-order valence-electron chi connectivity index (χ0n) is 32.9. The fourth-order valence-electron chi connectivity index (χ4n) is 9.97. The van der Waals surface area contributed by atoms with Crippen LogP contribution >= 0.6 is 0 Å². The molecular formula is C56H40N4. The highest BCUT2D eigenvalue weighted by Crippen LogP contribution is 2.40. The van der Waals surface area contributed by atoms with E-state index in [2.05, 4.69) is 203 Å². The van der Waals surface area contributed by atoms with E-state index in [-0.39, 0.29) is 0 Å². The fraction of sp³-hybridized carbons (Fsp3) is 0.0357. The van der Waals surface area contributed by atoms with Crippen LogP contribution in [0.25, 0.3) is 93.9 Å². The molecule has 60 heavy (non-hydrogen) atoms. The number of aromatic nitrogens is 2. The highest BCUT2D eigenvalue weighted by atomic mass is 15.0. The summed E-state index contributed by atoms with van der Waals surface area (Å²) in [4.78, 5) is 0. The Morgan fingerprint density at radius 3 is 1.83 bits per heavy atom. The van der Waals surface area contributed by atoms with E-state index in [0.29, 0.717) is 5.70 Å². The van der Waals surface area contributed by atoms with Gasteiger partial charge in [-0.3, -0.25) is 0 Å². The third-order valence-electron chi connectivity index (χ3n) is 12.8. The van der Waals surface area contributed by atoms with E-state index in [0.717, 1.165) is 73.3 Å². The number of hydrogen-bond acceptors (Lipinski definition) is 2. The van der Waals surface area contributed by atoms with Gasteiger partial charge in [-0.25, -0.2) is 0 Å². The summed E-state index contributed by atoms with van der Waals surface area (Å²) >= 11 is 0. The van der Waals surface area contributed by atoms with Gasteiger partial charge >= 0.3 is 0 Å². The molecule has 284 valence electrons. The summed E-state index contributed by atoms with van der Waals surface area (Å²) < 4.78 is 4.80. The molecule has 0 saturated heterocycles. The van der Waals surface area contributed by atoms with Crippen molar-refractivity contribution in [3.63, 3.8) is 0 Å². The van der Waals surface area contributed by atoms with Crippen molar-refractivity contribution >= 4 is 82.5 Å². The second-order valence-corrected chi connectivity index (χ2v) is 16.0. The Labute approximate surface area is 346 Å². The summed E-state index contributed by atoms with van der Waals surface area (Å²) in [6.07, 6.45) is 4.05.